The summed E-state index contributed by atoms with van der Waals surface area (Å²) in [5, 5.41) is 9.65. The van der Waals surface area contributed by atoms with Gasteiger partial charge in [0.25, 0.3) is 0 Å². The van der Waals surface area contributed by atoms with Gasteiger partial charge in [-0.05, 0) is 37.0 Å². The van der Waals surface area contributed by atoms with Crippen LogP contribution in [0.1, 0.15) is 43.7 Å². The van der Waals surface area contributed by atoms with E-state index in [1.807, 2.05) is 6.07 Å². The van der Waals surface area contributed by atoms with Gasteiger partial charge in [0.05, 0.1) is 0 Å². The lowest BCUT2D eigenvalue weighted by Crippen LogP contribution is -1.90. The molecule has 0 aliphatic heterocycles. The second kappa shape index (κ2) is 5.69. The van der Waals surface area contributed by atoms with Gasteiger partial charge in [0.1, 0.15) is 5.75 Å². The Morgan fingerprint density at radius 1 is 1.14 bits per heavy atom. The predicted octanol–water partition coefficient (Wildman–Crippen LogP) is 3.82. The molecule has 0 unspecified atom stereocenters. The van der Waals surface area contributed by atoms with E-state index in [1.54, 1.807) is 6.07 Å². The van der Waals surface area contributed by atoms with Crippen molar-refractivity contribution in [3.63, 3.8) is 0 Å². The summed E-state index contributed by atoms with van der Waals surface area (Å²) in [6, 6.07) is 5.75. The second-order valence-electron chi connectivity index (χ2n) is 3.88. The van der Waals surface area contributed by atoms with E-state index in [0.29, 0.717) is 5.75 Å². The van der Waals surface area contributed by atoms with E-state index in [1.165, 1.54) is 31.2 Å². The molecule has 1 rings (SSSR count). The smallest absolute Gasteiger partial charge is 0.119 e. The molecule has 0 atom stereocenters. The van der Waals surface area contributed by atoms with Crippen molar-refractivity contribution in [3.05, 3.63) is 29.3 Å². The quantitative estimate of drug-likeness (QED) is 0.703. The van der Waals surface area contributed by atoms with Gasteiger partial charge in [-0.15, -0.1) is 0 Å². The van der Waals surface area contributed by atoms with E-state index in [2.05, 4.69) is 19.9 Å². The SMILES string of the molecule is CCCCCCc1c(C)cccc1O. The minimum Gasteiger partial charge on any atom is -0.508 e. The Hall–Kier alpha value is -0.980. The highest BCUT2D eigenvalue weighted by Gasteiger charge is 2.03. The summed E-state index contributed by atoms with van der Waals surface area (Å²) in [4.78, 5) is 0. The van der Waals surface area contributed by atoms with Crippen molar-refractivity contribution in [2.24, 2.45) is 0 Å². The van der Waals surface area contributed by atoms with Gasteiger partial charge in [-0.1, -0.05) is 38.3 Å². The van der Waals surface area contributed by atoms with Gasteiger partial charge in [-0.2, -0.15) is 0 Å². The largest absolute Gasteiger partial charge is 0.508 e. The number of hydrogen-bond donors (Lipinski definition) is 1. The van der Waals surface area contributed by atoms with E-state index in [0.717, 1.165) is 12.0 Å². The molecular weight excluding hydrogens is 172 g/mol. The maximum Gasteiger partial charge on any atom is 0.119 e. The fourth-order valence-electron chi connectivity index (χ4n) is 1.74. The lowest BCUT2D eigenvalue weighted by molar-refractivity contribution is 0.465. The van der Waals surface area contributed by atoms with E-state index < -0.39 is 0 Å². The summed E-state index contributed by atoms with van der Waals surface area (Å²) in [5.41, 5.74) is 2.34. The first-order valence-corrected chi connectivity index (χ1v) is 5.53. The maximum absolute atomic E-state index is 9.65. The Balaban J connectivity index is 2.49. The van der Waals surface area contributed by atoms with Gasteiger partial charge in [-0.25, -0.2) is 0 Å². The molecule has 0 aliphatic rings. The molecule has 0 fully saturated rings. The third-order valence-corrected chi connectivity index (χ3v) is 2.67. The Morgan fingerprint density at radius 3 is 2.57 bits per heavy atom. The number of aromatic hydroxyl groups is 1. The summed E-state index contributed by atoms with van der Waals surface area (Å²) in [5.74, 6) is 0.460. The van der Waals surface area contributed by atoms with Crippen LogP contribution in [0, 0.1) is 6.92 Å². The van der Waals surface area contributed by atoms with Crippen LogP contribution < -0.4 is 0 Å². The van der Waals surface area contributed by atoms with Crippen molar-refractivity contribution in [2.75, 3.05) is 0 Å². The highest BCUT2D eigenvalue weighted by atomic mass is 16.3. The molecule has 78 valence electrons. The van der Waals surface area contributed by atoms with Crippen molar-refractivity contribution in [1.82, 2.24) is 0 Å². The van der Waals surface area contributed by atoms with Crippen molar-refractivity contribution in [3.8, 4) is 5.75 Å². The molecule has 0 aromatic heterocycles. The molecule has 0 radical (unpaired) electrons. The fourth-order valence-corrected chi connectivity index (χ4v) is 1.74. The van der Waals surface area contributed by atoms with Crippen LogP contribution in [0.5, 0.6) is 5.75 Å². The van der Waals surface area contributed by atoms with Crippen LogP contribution in [0.4, 0.5) is 0 Å². The van der Waals surface area contributed by atoms with Gasteiger partial charge in [0.2, 0.25) is 0 Å². The summed E-state index contributed by atoms with van der Waals surface area (Å²) in [7, 11) is 0. The van der Waals surface area contributed by atoms with Crippen LogP contribution in [-0.2, 0) is 6.42 Å². The number of benzene rings is 1. The Labute approximate surface area is 86.8 Å². The Kier molecular flexibility index (Phi) is 4.51. The maximum atomic E-state index is 9.65. The number of rotatable bonds is 5. The Morgan fingerprint density at radius 2 is 1.93 bits per heavy atom. The van der Waals surface area contributed by atoms with Gasteiger partial charge < -0.3 is 5.11 Å². The molecule has 1 N–H and O–H groups in total. The van der Waals surface area contributed by atoms with Crippen LogP contribution >= 0.6 is 0 Å². The molecule has 0 saturated heterocycles. The van der Waals surface area contributed by atoms with Crippen LogP contribution in [0.15, 0.2) is 18.2 Å². The molecule has 1 aromatic carbocycles. The van der Waals surface area contributed by atoms with E-state index in [4.69, 9.17) is 0 Å². The molecule has 1 nitrogen and oxygen atoms in total. The normalized spacial score (nSPS) is 10.4. The third kappa shape index (κ3) is 3.06. The third-order valence-electron chi connectivity index (χ3n) is 2.67. The van der Waals surface area contributed by atoms with E-state index in [9.17, 15) is 5.11 Å². The zero-order valence-electron chi connectivity index (χ0n) is 9.21. The summed E-state index contributed by atoms with van der Waals surface area (Å²) in [6.07, 6.45) is 6.03. The molecule has 14 heavy (non-hydrogen) atoms. The van der Waals surface area contributed by atoms with E-state index in [-0.39, 0.29) is 0 Å². The molecule has 1 aromatic rings. The molecule has 0 amide bonds. The van der Waals surface area contributed by atoms with Gasteiger partial charge in [-0.3, -0.25) is 0 Å². The Bertz CT molecular complexity index is 258. The van der Waals surface area contributed by atoms with Crippen LogP contribution in [0.25, 0.3) is 0 Å². The predicted molar refractivity (Wildman–Crippen MR) is 60.7 cm³/mol. The van der Waals surface area contributed by atoms with Crippen LogP contribution in [0.2, 0.25) is 0 Å². The van der Waals surface area contributed by atoms with Crippen LogP contribution in [-0.4, -0.2) is 5.11 Å². The molecule has 0 aliphatic carbocycles. The highest BCUT2D eigenvalue weighted by molar-refractivity contribution is 5.38. The summed E-state index contributed by atoms with van der Waals surface area (Å²) >= 11 is 0. The number of phenolic OH excluding ortho intramolecular Hbond substituents is 1. The summed E-state index contributed by atoms with van der Waals surface area (Å²) < 4.78 is 0. The number of aryl methyl sites for hydroxylation is 1. The number of hydrogen-bond acceptors (Lipinski definition) is 1. The molecular formula is C13H20O. The first-order valence-electron chi connectivity index (χ1n) is 5.53. The van der Waals surface area contributed by atoms with Crippen molar-refractivity contribution in [2.45, 2.75) is 46.0 Å². The lowest BCUT2D eigenvalue weighted by Gasteiger charge is -2.07. The van der Waals surface area contributed by atoms with Gasteiger partial charge in [0.15, 0.2) is 0 Å². The fraction of sp³-hybridized carbons (Fsp3) is 0.538. The van der Waals surface area contributed by atoms with Crippen molar-refractivity contribution < 1.29 is 5.11 Å². The van der Waals surface area contributed by atoms with Gasteiger partial charge >= 0.3 is 0 Å². The minimum atomic E-state index is 0.460. The van der Waals surface area contributed by atoms with Crippen molar-refractivity contribution >= 4 is 0 Å². The van der Waals surface area contributed by atoms with E-state index >= 15 is 0 Å². The van der Waals surface area contributed by atoms with Crippen LogP contribution in [0.3, 0.4) is 0 Å². The lowest BCUT2D eigenvalue weighted by atomic mass is 10.0. The zero-order chi connectivity index (χ0) is 10.4. The number of phenols is 1. The van der Waals surface area contributed by atoms with Crippen molar-refractivity contribution in [1.29, 1.82) is 0 Å². The second-order valence-corrected chi connectivity index (χ2v) is 3.88. The molecule has 0 bridgehead atoms. The minimum absolute atomic E-state index is 0.460. The first kappa shape index (κ1) is 11.1. The molecule has 0 spiro atoms. The molecule has 1 heteroatoms. The molecule has 0 saturated carbocycles. The standard InChI is InChI=1S/C13H20O/c1-3-4-5-6-9-12-11(2)8-7-10-13(12)14/h7-8,10,14H,3-6,9H2,1-2H3. The average molecular weight is 192 g/mol. The topological polar surface area (TPSA) is 20.2 Å². The molecule has 0 heterocycles. The number of unbranched alkanes of at least 4 members (excludes halogenated alkanes) is 3. The highest BCUT2D eigenvalue weighted by Crippen LogP contribution is 2.22. The summed E-state index contributed by atoms with van der Waals surface area (Å²) in [6.45, 7) is 4.28. The first-order chi connectivity index (χ1) is 6.75. The zero-order valence-corrected chi connectivity index (χ0v) is 9.21. The average Bonchev–Trinajstić information content (AvgIpc) is 2.16. The van der Waals surface area contributed by atoms with Gasteiger partial charge in [0, 0.05) is 0 Å². The monoisotopic (exact) mass is 192 g/mol.